The van der Waals surface area contributed by atoms with Gasteiger partial charge in [-0.05, 0) is 25.5 Å². The fourth-order valence-electron chi connectivity index (χ4n) is 0.885. The van der Waals surface area contributed by atoms with E-state index in [2.05, 4.69) is 18.8 Å². The van der Waals surface area contributed by atoms with Gasteiger partial charge in [-0.3, -0.25) is 4.99 Å². The Kier molecular flexibility index (Phi) is 6.56. The molecular weight excluding hydrogens is 122 g/mol. The highest BCUT2D eigenvalue weighted by Crippen LogP contribution is 2.05. The predicted octanol–water partition coefficient (Wildman–Crippen LogP) is 2.90. The molecule has 1 heteroatoms. The molecule has 0 atom stereocenters. The van der Waals surface area contributed by atoms with Crippen molar-refractivity contribution in [3.63, 3.8) is 0 Å². The maximum absolute atomic E-state index is 4.14. The van der Waals surface area contributed by atoms with Crippen LogP contribution in [-0.4, -0.2) is 12.8 Å². The Hall–Kier alpha value is -0.330. The van der Waals surface area contributed by atoms with Crippen molar-refractivity contribution in [1.29, 1.82) is 0 Å². The third-order valence-electron chi connectivity index (χ3n) is 1.50. The number of hydrogen-bond donors (Lipinski definition) is 0. The van der Waals surface area contributed by atoms with Crippen molar-refractivity contribution in [3.05, 3.63) is 0 Å². The Morgan fingerprint density at radius 3 is 2.50 bits per heavy atom. The molecule has 0 unspecified atom stereocenters. The highest BCUT2D eigenvalue weighted by Gasteiger charge is 1.91. The van der Waals surface area contributed by atoms with E-state index in [-0.39, 0.29) is 0 Å². The van der Waals surface area contributed by atoms with Crippen LogP contribution in [0.15, 0.2) is 4.99 Å². The number of aliphatic imine (C=N–C) groups is 1. The first kappa shape index (κ1) is 9.67. The van der Waals surface area contributed by atoms with E-state index in [0.717, 1.165) is 12.5 Å². The third kappa shape index (κ3) is 7.67. The Balaban J connectivity index is 2.91. The topological polar surface area (TPSA) is 12.4 Å². The van der Waals surface area contributed by atoms with Crippen LogP contribution in [0.25, 0.3) is 0 Å². The average Bonchev–Trinajstić information content (AvgIpc) is 1.87. The molecule has 0 radical (unpaired) electrons. The molecular formula is C9H19N. The number of nitrogens with zero attached hydrogens (tertiary/aromatic N) is 1. The summed E-state index contributed by atoms with van der Waals surface area (Å²) in [6.07, 6.45) is 5.81. The number of unbranched alkanes of at least 4 members (excludes halogenated alkanes) is 1. The maximum atomic E-state index is 4.14. The largest absolute Gasteiger partial charge is 0.298 e. The minimum atomic E-state index is 0.852. The smallest absolute Gasteiger partial charge is 0.0385 e. The van der Waals surface area contributed by atoms with Crippen LogP contribution < -0.4 is 0 Å². The van der Waals surface area contributed by atoms with Gasteiger partial charge in [-0.15, -0.1) is 0 Å². The summed E-state index contributed by atoms with van der Waals surface area (Å²) in [5.74, 6) is 0.852. The summed E-state index contributed by atoms with van der Waals surface area (Å²) in [6.45, 7) is 7.53. The van der Waals surface area contributed by atoms with E-state index in [1.807, 2.05) is 13.1 Å². The summed E-state index contributed by atoms with van der Waals surface area (Å²) in [5, 5.41) is 0. The van der Waals surface area contributed by atoms with Crippen molar-refractivity contribution in [1.82, 2.24) is 0 Å². The maximum Gasteiger partial charge on any atom is 0.0385 e. The first-order chi connectivity index (χ1) is 4.77. The SMILES string of the molecule is CC=NCCCCC(C)C. The van der Waals surface area contributed by atoms with Crippen LogP contribution in [0.1, 0.15) is 40.0 Å². The van der Waals surface area contributed by atoms with E-state index in [4.69, 9.17) is 0 Å². The lowest BCUT2D eigenvalue weighted by Gasteiger charge is -2.01. The van der Waals surface area contributed by atoms with Gasteiger partial charge in [0.15, 0.2) is 0 Å². The molecule has 0 N–H and O–H groups in total. The summed E-state index contributed by atoms with van der Waals surface area (Å²) in [7, 11) is 0. The molecule has 0 saturated carbocycles. The molecule has 0 aromatic carbocycles. The first-order valence-electron chi connectivity index (χ1n) is 4.21. The number of rotatable bonds is 5. The van der Waals surface area contributed by atoms with E-state index in [0.29, 0.717) is 0 Å². The highest BCUT2D eigenvalue weighted by molar-refractivity contribution is 5.53. The molecule has 0 aliphatic heterocycles. The quantitative estimate of drug-likeness (QED) is 0.412. The van der Waals surface area contributed by atoms with Gasteiger partial charge in [-0.2, -0.15) is 0 Å². The van der Waals surface area contributed by atoms with E-state index in [9.17, 15) is 0 Å². The van der Waals surface area contributed by atoms with E-state index in [1.54, 1.807) is 0 Å². The van der Waals surface area contributed by atoms with Crippen LogP contribution in [0, 0.1) is 5.92 Å². The van der Waals surface area contributed by atoms with Gasteiger partial charge in [-0.1, -0.05) is 26.7 Å². The molecule has 0 spiro atoms. The Morgan fingerprint density at radius 2 is 2.00 bits per heavy atom. The summed E-state index contributed by atoms with van der Waals surface area (Å²) in [4.78, 5) is 4.14. The minimum absolute atomic E-state index is 0.852. The summed E-state index contributed by atoms with van der Waals surface area (Å²) < 4.78 is 0. The van der Waals surface area contributed by atoms with Crippen molar-refractivity contribution < 1.29 is 0 Å². The van der Waals surface area contributed by atoms with E-state index < -0.39 is 0 Å². The third-order valence-corrected chi connectivity index (χ3v) is 1.50. The molecule has 0 amide bonds. The van der Waals surface area contributed by atoms with Gasteiger partial charge in [0.05, 0.1) is 0 Å². The molecule has 0 aliphatic rings. The summed E-state index contributed by atoms with van der Waals surface area (Å²) in [5.41, 5.74) is 0. The Bertz CT molecular complexity index is 84.7. The highest BCUT2D eigenvalue weighted by atomic mass is 14.7. The second kappa shape index (κ2) is 6.79. The zero-order valence-corrected chi connectivity index (χ0v) is 7.43. The second-order valence-corrected chi connectivity index (χ2v) is 3.05. The van der Waals surface area contributed by atoms with Crippen LogP contribution in [0.2, 0.25) is 0 Å². The second-order valence-electron chi connectivity index (χ2n) is 3.05. The van der Waals surface area contributed by atoms with Crippen LogP contribution in [0.3, 0.4) is 0 Å². The van der Waals surface area contributed by atoms with Gasteiger partial charge in [0.2, 0.25) is 0 Å². The van der Waals surface area contributed by atoms with Gasteiger partial charge in [-0.25, -0.2) is 0 Å². The lowest BCUT2D eigenvalue weighted by molar-refractivity contribution is 0.542. The normalized spacial score (nSPS) is 11.6. The predicted molar refractivity (Wildman–Crippen MR) is 47.7 cm³/mol. The first-order valence-corrected chi connectivity index (χ1v) is 4.21. The molecule has 0 bridgehead atoms. The zero-order valence-electron chi connectivity index (χ0n) is 7.43. The molecule has 0 saturated heterocycles. The van der Waals surface area contributed by atoms with Crippen LogP contribution in [0.5, 0.6) is 0 Å². The molecule has 60 valence electrons. The molecule has 0 aromatic heterocycles. The molecule has 10 heavy (non-hydrogen) atoms. The van der Waals surface area contributed by atoms with Gasteiger partial charge in [0.25, 0.3) is 0 Å². The lowest BCUT2D eigenvalue weighted by atomic mass is 10.1. The fraction of sp³-hybridized carbons (Fsp3) is 0.889. The van der Waals surface area contributed by atoms with Gasteiger partial charge in [0.1, 0.15) is 0 Å². The zero-order chi connectivity index (χ0) is 7.82. The van der Waals surface area contributed by atoms with Crippen LogP contribution in [0.4, 0.5) is 0 Å². The van der Waals surface area contributed by atoms with Gasteiger partial charge in [0, 0.05) is 6.54 Å². The minimum Gasteiger partial charge on any atom is -0.298 e. The Morgan fingerprint density at radius 1 is 1.30 bits per heavy atom. The van der Waals surface area contributed by atoms with Crippen molar-refractivity contribution in [2.24, 2.45) is 10.9 Å². The van der Waals surface area contributed by atoms with E-state index >= 15 is 0 Å². The fourth-order valence-corrected chi connectivity index (χ4v) is 0.885. The van der Waals surface area contributed by atoms with E-state index in [1.165, 1.54) is 19.3 Å². The van der Waals surface area contributed by atoms with Gasteiger partial charge >= 0.3 is 0 Å². The van der Waals surface area contributed by atoms with Crippen LogP contribution in [-0.2, 0) is 0 Å². The molecule has 1 nitrogen and oxygen atoms in total. The molecule has 0 rings (SSSR count). The molecule has 0 heterocycles. The van der Waals surface area contributed by atoms with Crippen LogP contribution >= 0.6 is 0 Å². The summed E-state index contributed by atoms with van der Waals surface area (Å²) >= 11 is 0. The average molecular weight is 141 g/mol. The van der Waals surface area contributed by atoms with Crippen molar-refractivity contribution in [3.8, 4) is 0 Å². The molecule has 0 aliphatic carbocycles. The summed E-state index contributed by atoms with van der Waals surface area (Å²) in [6, 6.07) is 0. The molecule has 0 aromatic rings. The van der Waals surface area contributed by atoms with Crippen molar-refractivity contribution >= 4 is 6.21 Å². The Labute approximate surface area is 64.6 Å². The molecule has 0 fully saturated rings. The van der Waals surface area contributed by atoms with Crippen molar-refractivity contribution in [2.75, 3.05) is 6.54 Å². The monoisotopic (exact) mass is 141 g/mol. The standard InChI is InChI=1S/C9H19N/c1-4-10-8-6-5-7-9(2)3/h4,9H,5-8H2,1-3H3. The lowest BCUT2D eigenvalue weighted by Crippen LogP contribution is -1.88. The van der Waals surface area contributed by atoms with Gasteiger partial charge < -0.3 is 0 Å². The number of hydrogen-bond acceptors (Lipinski definition) is 1. The van der Waals surface area contributed by atoms with Crippen molar-refractivity contribution in [2.45, 2.75) is 40.0 Å².